The van der Waals surface area contributed by atoms with E-state index in [4.69, 9.17) is 21.1 Å². The van der Waals surface area contributed by atoms with Gasteiger partial charge in [-0.1, -0.05) is 13.8 Å². The van der Waals surface area contributed by atoms with Crippen LogP contribution in [0, 0.1) is 11.2 Å². The van der Waals surface area contributed by atoms with Gasteiger partial charge in [-0.3, -0.25) is 4.79 Å². The Bertz CT molecular complexity index is 1620. The van der Waals surface area contributed by atoms with Crippen LogP contribution in [0.4, 0.5) is 23.4 Å². The van der Waals surface area contributed by atoms with E-state index in [1.54, 1.807) is 0 Å². The van der Waals surface area contributed by atoms with Crippen LogP contribution in [0.2, 0.25) is 5.28 Å². The first-order chi connectivity index (χ1) is 22.8. The van der Waals surface area contributed by atoms with Crippen LogP contribution in [-0.4, -0.2) is 110 Å². The summed E-state index contributed by atoms with van der Waals surface area (Å²) in [5.74, 6) is -0.974. The Balaban J connectivity index is 0.00000221. The number of pyridine rings is 1. The molecule has 257 valence electrons. The van der Waals surface area contributed by atoms with E-state index >= 15 is 0 Å². The molecule has 0 atom stereocenters. The van der Waals surface area contributed by atoms with Crippen LogP contribution in [0.5, 0.6) is 17.4 Å². The number of carbonyl (C=O) groups excluding carboxylic acids is 1. The van der Waals surface area contributed by atoms with Crippen molar-refractivity contribution in [3.63, 3.8) is 0 Å². The van der Waals surface area contributed by atoms with Crippen molar-refractivity contribution < 1.29 is 31.8 Å². The third-order valence-corrected chi connectivity index (χ3v) is 10.5. The summed E-state index contributed by atoms with van der Waals surface area (Å²) in [4.78, 5) is 27.1. The second-order valence-corrected chi connectivity index (χ2v) is 13.9. The predicted octanol–water partition coefficient (Wildman–Crippen LogP) is 5.82. The fourth-order valence-electron chi connectivity index (χ4n) is 6.31. The normalized spacial score (nSPS) is 17.2. The molecule has 2 aromatic heterocycles. The maximum absolute atomic E-state index is 14.3. The van der Waals surface area contributed by atoms with Gasteiger partial charge in [0.1, 0.15) is 18.1 Å². The molecule has 1 amide bonds. The summed E-state index contributed by atoms with van der Waals surface area (Å²) in [5.41, 5.74) is 1.90. The number of amides is 1. The number of halogens is 5. The Hall–Kier alpha value is -2.86. The molecule has 1 aromatic carbocycles. The van der Waals surface area contributed by atoms with E-state index in [9.17, 15) is 22.4 Å². The number of nitrogens with zero attached hydrogens (tertiary/aromatic N) is 7. The number of hydrogen-bond acceptors (Lipinski definition) is 9. The third kappa shape index (κ3) is 8.12. The molecule has 6 rings (SSSR count). The van der Waals surface area contributed by atoms with Gasteiger partial charge in [0, 0.05) is 6.04 Å². The second-order valence-electron chi connectivity index (χ2n) is 12.3. The first-order valence-electron chi connectivity index (χ1n) is 15.8. The molecule has 2 fully saturated rings. The molecule has 0 bridgehead atoms. The van der Waals surface area contributed by atoms with Crippen molar-refractivity contribution in [1.82, 2.24) is 30.0 Å². The van der Waals surface area contributed by atoms with Gasteiger partial charge in [0.15, 0.2) is 0 Å². The molecule has 48 heavy (non-hydrogen) atoms. The van der Waals surface area contributed by atoms with Crippen LogP contribution >= 0.6 is 11.6 Å². The first-order valence-corrected chi connectivity index (χ1v) is 19.0. The van der Waals surface area contributed by atoms with Gasteiger partial charge in [-0.05, 0) is 43.6 Å². The summed E-state index contributed by atoms with van der Waals surface area (Å²) in [6, 6.07) is 4.18. The Kier molecular flexibility index (Phi) is 11.3. The summed E-state index contributed by atoms with van der Waals surface area (Å²) in [6.45, 7) is 8.49. The van der Waals surface area contributed by atoms with E-state index in [-0.39, 0.29) is 39.8 Å². The number of ether oxygens (including phenoxy) is 2. The van der Waals surface area contributed by atoms with Crippen molar-refractivity contribution in [2.45, 2.75) is 71.8 Å². The van der Waals surface area contributed by atoms with Gasteiger partial charge < -0.3 is 9.64 Å². The van der Waals surface area contributed by atoms with Gasteiger partial charge in [-0.25, -0.2) is 4.39 Å². The minimum absolute atomic E-state index is 0.000128. The molecule has 4 heterocycles. The van der Waals surface area contributed by atoms with Crippen molar-refractivity contribution in [3.05, 3.63) is 58.4 Å². The van der Waals surface area contributed by atoms with Crippen LogP contribution < -0.4 is 14.4 Å². The second kappa shape index (κ2) is 14.9. The molecule has 3 aliphatic rings. The Morgan fingerprint density at radius 3 is 2.56 bits per heavy atom. The molecule has 1 aliphatic carbocycles. The molecular weight excluding hydrogens is 849 g/mol. The molecule has 16 heteroatoms. The fraction of sp³-hybridized carbons (Fsp3) is 0.531. The monoisotopic (exact) mass is 886 g/mol. The average molecular weight is 886 g/mol. The van der Waals surface area contributed by atoms with Crippen LogP contribution in [-0.2, 0) is 13.0 Å². The predicted molar refractivity (Wildman–Crippen MR) is 172 cm³/mol. The molecule has 1 saturated heterocycles. The van der Waals surface area contributed by atoms with Crippen LogP contribution in [0.1, 0.15) is 62.2 Å². The van der Waals surface area contributed by atoms with Crippen molar-refractivity contribution in [2.75, 3.05) is 35.2 Å². The van der Waals surface area contributed by atoms with Gasteiger partial charge in [-0.15, -0.1) is 10.2 Å². The zero-order valence-electron chi connectivity index (χ0n) is 27.2. The van der Waals surface area contributed by atoms with Crippen LogP contribution in [0.15, 0.2) is 30.5 Å². The molecule has 2 aliphatic heterocycles. The number of carbonyl (C=O) groups is 1. The number of rotatable bonds is 9. The van der Waals surface area contributed by atoms with Gasteiger partial charge in [0.25, 0.3) is 11.8 Å². The quantitative estimate of drug-likeness (QED) is 0.195. The summed E-state index contributed by atoms with van der Waals surface area (Å²) in [7, 11) is 0. The summed E-state index contributed by atoms with van der Waals surface area (Å²) >= 11 is 7.20. The molecule has 0 N–H and O–H groups in total. The topological polar surface area (TPSA) is 96.8 Å². The molecule has 10 nitrogen and oxygen atoms in total. The van der Waals surface area contributed by atoms with E-state index < -0.39 is 30.5 Å². The molecule has 3 radical (unpaired) electrons. The number of fused-ring (bicyclic) bond motifs is 1. The maximum atomic E-state index is 14.3. The van der Waals surface area contributed by atoms with E-state index in [1.807, 2.05) is 31.0 Å². The van der Waals surface area contributed by atoms with Crippen LogP contribution in [0.25, 0.3) is 0 Å². The number of hydrogen-bond donors (Lipinski definition) is 0. The number of alkyl halides is 3. The van der Waals surface area contributed by atoms with E-state index in [1.165, 1.54) is 25.5 Å². The molecular formula is C32H37ClF4N7O3Pb. The SMILES string of the molecule is CC.CC(C)N(CC(F)(F)F)C(=O)c1cc(F)ccc1Oc1nnc(Cl)nc1N1CC2(CC(Oc3ccnc4c3CN([CH2][Pb])CC4)C2)C1. The van der Waals surface area contributed by atoms with E-state index in [0.717, 1.165) is 85.8 Å². The number of benzene rings is 1. The van der Waals surface area contributed by atoms with Crippen molar-refractivity contribution >= 4 is 49.1 Å². The van der Waals surface area contributed by atoms with E-state index in [2.05, 4.69) is 25.1 Å². The van der Waals surface area contributed by atoms with Crippen molar-refractivity contribution in [3.8, 4) is 17.4 Å². The average Bonchev–Trinajstić information content (AvgIpc) is 3.02. The van der Waals surface area contributed by atoms with Crippen LogP contribution in [0.3, 0.4) is 0 Å². The van der Waals surface area contributed by atoms with Crippen molar-refractivity contribution in [2.24, 2.45) is 5.41 Å². The number of anilines is 1. The Morgan fingerprint density at radius 1 is 1.17 bits per heavy atom. The Morgan fingerprint density at radius 2 is 1.90 bits per heavy atom. The van der Waals surface area contributed by atoms with Gasteiger partial charge in [-0.2, -0.15) is 18.2 Å². The molecule has 1 saturated carbocycles. The third-order valence-electron chi connectivity index (χ3n) is 8.56. The summed E-state index contributed by atoms with van der Waals surface area (Å²) in [6.07, 6.45) is -0.163. The molecule has 0 unspecified atom stereocenters. The van der Waals surface area contributed by atoms with Crippen molar-refractivity contribution in [1.29, 1.82) is 0 Å². The fourth-order valence-corrected chi connectivity index (χ4v) is 7.48. The van der Waals surface area contributed by atoms with Gasteiger partial charge in [0.05, 0.1) is 5.56 Å². The summed E-state index contributed by atoms with van der Waals surface area (Å²) < 4.78 is 67.5. The Labute approximate surface area is 297 Å². The standard InChI is InChI=1S/C30H31ClF4N7O3.C2H6.Pb/c1-17(2)42(16-30(33,34)35)27(43)20-10-18(32)4-5-23(20)45-26-25(37-28(31)39-38-26)41-14-29(15-41)11-19(12-29)44-24-6-8-36-22-7-9-40(3)13-21(22)24;1-2;/h4-6,8,10,17,19H,3,7,9,11-16H2,1-2H3;1-2H3;. The molecule has 3 aromatic rings. The first kappa shape index (κ1) is 36.4. The minimum atomic E-state index is -4.65. The zero-order chi connectivity index (χ0) is 34.8. The number of aromatic nitrogens is 4. The van der Waals surface area contributed by atoms with Gasteiger partial charge in [0.2, 0.25) is 5.28 Å². The van der Waals surface area contributed by atoms with E-state index in [0.29, 0.717) is 18.0 Å². The zero-order valence-corrected chi connectivity index (χ0v) is 31.8. The molecule has 1 spiro atoms. The van der Waals surface area contributed by atoms with Gasteiger partial charge >= 0.3 is 148 Å². The summed E-state index contributed by atoms with van der Waals surface area (Å²) in [5, 5.41) is 7.65.